The molecule has 1 aliphatic carbocycles. The highest BCUT2D eigenvalue weighted by atomic mass is 16.2. The lowest BCUT2D eigenvalue weighted by Crippen LogP contribution is -2.16. The van der Waals surface area contributed by atoms with Gasteiger partial charge in [0.2, 0.25) is 5.91 Å². The van der Waals surface area contributed by atoms with Crippen LogP contribution >= 0.6 is 0 Å². The highest BCUT2D eigenvalue weighted by molar-refractivity contribution is 5.95. The highest BCUT2D eigenvalue weighted by Crippen LogP contribution is 2.47. The predicted molar refractivity (Wildman–Crippen MR) is 109 cm³/mol. The van der Waals surface area contributed by atoms with Gasteiger partial charge in [-0.25, -0.2) is 9.50 Å². The summed E-state index contributed by atoms with van der Waals surface area (Å²) < 4.78 is 1.82. The normalized spacial score (nSPS) is 18.2. The number of anilines is 1. The number of aromatic nitrogens is 3. The van der Waals surface area contributed by atoms with Crippen LogP contribution in [-0.2, 0) is 4.79 Å². The van der Waals surface area contributed by atoms with E-state index in [1.165, 1.54) is 5.56 Å². The number of hydrogen-bond donors (Lipinski definition) is 1. The summed E-state index contributed by atoms with van der Waals surface area (Å²) in [5.41, 5.74) is 4.78. The summed E-state index contributed by atoms with van der Waals surface area (Å²) in [6.45, 7) is 1.94. The van der Waals surface area contributed by atoms with Crippen LogP contribution in [0.5, 0.6) is 0 Å². The van der Waals surface area contributed by atoms with Gasteiger partial charge in [-0.1, -0.05) is 60.7 Å². The van der Waals surface area contributed by atoms with Crippen LogP contribution < -0.4 is 5.32 Å². The minimum atomic E-state index is 0.00671. The van der Waals surface area contributed by atoms with Crippen molar-refractivity contribution in [2.45, 2.75) is 19.3 Å². The van der Waals surface area contributed by atoms with E-state index in [1.807, 2.05) is 72.1 Å². The van der Waals surface area contributed by atoms with E-state index in [0.29, 0.717) is 11.7 Å². The Hall–Kier alpha value is -3.47. The van der Waals surface area contributed by atoms with Gasteiger partial charge in [0.1, 0.15) is 5.82 Å². The Morgan fingerprint density at radius 3 is 2.50 bits per heavy atom. The fourth-order valence-electron chi connectivity index (χ4n) is 3.74. The van der Waals surface area contributed by atoms with Crippen LogP contribution in [0.2, 0.25) is 0 Å². The first-order chi connectivity index (χ1) is 13.7. The Labute approximate surface area is 163 Å². The molecule has 1 saturated carbocycles. The first-order valence-electron chi connectivity index (χ1n) is 9.48. The summed E-state index contributed by atoms with van der Waals surface area (Å²) in [5, 5.41) is 7.57. The molecule has 2 atom stereocenters. The molecule has 1 N–H and O–H groups in total. The summed E-state index contributed by atoms with van der Waals surface area (Å²) in [4.78, 5) is 17.4. The first kappa shape index (κ1) is 16.7. The molecule has 0 bridgehead atoms. The van der Waals surface area contributed by atoms with Gasteiger partial charge in [-0.15, -0.1) is 0 Å². The second-order valence-corrected chi connectivity index (χ2v) is 7.30. The van der Waals surface area contributed by atoms with E-state index >= 15 is 0 Å². The van der Waals surface area contributed by atoms with Gasteiger partial charge in [0.05, 0.1) is 11.4 Å². The molecule has 2 unspecified atom stereocenters. The molecule has 1 aliphatic rings. The molecule has 28 heavy (non-hydrogen) atoms. The zero-order chi connectivity index (χ0) is 19.1. The minimum absolute atomic E-state index is 0.00671. The molecule has 2 heterocycles. The van der Waals surface area contributed by atoms with Gasteiger partial charge >= 0.3 is 0 Å². The van der Waals surface area contributed by atoms with Crippen LogP contribution in [0.3, 0.4) is 0 Å². The van der Waals surface area contributed by atoms with E-state index in [-0.39, 0.29) is 11.8 Å². The fraction of sp³-hybridized carbons (Fsp3) is 0.174. The van der Waals surface area contributed by atoms with Crippen molar-refractivity contribution in [3.63, 3.8) is 0 Å². The Morgan fingerprint density at radius 1 is 1.04 bits per heavy atom. The second-order valence-electron chi connectivity index (χ2n) is 7.30. The maximum absolute atomic E-state index is 12.8. The number of carbonyl (C=O) groups is 1. The Balaban J connectivity index is 1.44. The van der Waals surface area contributed by atoms with Gasteiger partial charge in [0.15, 0.2) is 5.65 Å². The third-order valence-electron chi connectivity index (χ3n) is 5.23. The molecule has 2 aromatic heterocycles. The molecule has 5 rings (SSSR count). The summed E-state index contributed by atoms with van der Waals surface area (Å²) in [6, 6.07) is 24.1. The number of hydrogen-bond acceptors (Lipinski definition) is 3. The van der Waals surface area contributed by atoms with Crippen molar-refractivity contribution < 1.29 is 4.79 Å². The highest BCUT2D eigenvalue weighted by Gasteiger charge is 2.43. The molecular weight excluding hydrogens is 348 g/mol. The minimum Gasteiger partial charge on any atom is -0.310 e. The SMILES string of the molecule is Cc1cc2nc(NC(=O)C3CC3c3ccccc3)cc(-c3ccccc3)n2n1. The van der Waals surface area contributed by atoms with E-state index in [0.717, 1.165) is 29.0 Å². The van der Waals surface area contributed by atoms with Crippen LogP contribution in [0.25, 0.3) is 16.9 Å². The maximum atomic E-state index is 12.8. The van der Waals surface area contributed by atoms with Crippen molar-refractivity contribution in [3.8, 4) is 11.3 Å². The lowest BCUT2D eigenvalue weighted by molar-refractivity contribution is -0.117. The average molecular weight is 368 g/mol. The van der Waals surface area contributed by atoms with Gasteiger partial charge in [-0.3, -0.25) is 4.79 Å². The van der Waals surface area contributed by atoms with Gasteiger partial charge in [-0.2, -0.15) is 5.10 Å². The number of benzene rings is 2. The number of rotatable bonds is 4. The summed E-state index contributed by atoms with van der Waals surface area (Å²) in [7, 11) is 0. The van der Waals surface area contributed by atoms with E-state index < -0.39 is 0 Å². The number of nitrogens with one attached hydrogen (secondary N) is 1. The number of amides is 1. The predicted octanol–water partition coefficient (Wildman–Crippen LogP) is 4.45. The summed E-state index contributed by atoms with van der Waals surface area (Å²) >= 11 is 0. The van der Waals surface area contributed by atoms with Crippen LogP contribution in [0.15, 0.2) is 72.8 Å². The smallest absolute Gasteiger partial charge is 0.229 e. The zero-order valence-electron chi connectivity index (χ0n) is 15.5. The van der Waals surface area contributed by atoms with Crippen LogP contribution in [-0.4, -0.2) is 20.5 Å². The largest absolute Gasteiger partial charge is 0.310 e. The molecule has 0 spiro atoms. The van der Waals surface area contributed by atoms with Crippen molar-refractivity contribution >= 4 is 17.4 Å². The summed E-state index contributed by atoms with van der Waals surface area (Å²) in [6.07, 6.45) is 0.884. The molecule has 0 saturated heterocycles. The van der Waals surface area contributed by atoms with Gasteiger partial charge in [0, 0.05) is 23.6 Å². The Kier molecular flexibility index (Phi) is 3.93. The van der Waals surface area contributed by atoms with Crippen molar-refractivity contribution in [3.05, 3.63) is 84.1 Å². The monoisotopic (exact) mass is 368 g/mol. The van der Waals surface area contributed by atoms with Gasteiger partial charge in [-0.05, 0) is 24.8 Å². The van der Waals surface area contributed by atoms with E-state index in [1.54, 1.807) is 0 Å². The molecule has 5 heteroatoms. The lowest BCUT2D eigenvalue weighted by Gasteiger charge is -2.09. The molecule has 5 nitrogen and oxygen atoms in total. The number of fused-ring (bicyclic) bond motifs is 1. The van der Waals surface area contributed by atoms with Crippen LogP contribution in [0.1, 0.15) is 23.6 Å². The van der Waals surface area contributed by atoms with E-state index in [4.69, 9.17) is 0 Å². The molecular formula is C23H20N4O. The lowest BCUT2D eigenvalue weighted by atomic mass is 10.1. The van der Waals surface area contributed by atoms with Crippen molar-refractivity contribution in [1.82, 2.24) is 14.6 Å². The third-order valence-corrected chi connectivity index (χ3v) is 5.23. The molecule has 0 radical (unpaired) electrons. The molecule has 138 valence electrons. The first-order valence-corrected chi connectivity index (χ1v) is 9.48. The zero-order valence-corrected chi connectivity index (χ0v) is 15.5. The molecule has 1 fully saturated rings. The number of nitrogens with zero attached hydrogens (tertiary/aromatic N) is 3. The Bertz CT molecular complexity index is 1150. The van der Waals surface area contributed by atoms with Crippen LogP contribution in [0, 0.1) is 12.8 Å². The van der Waals surface area contributed by atoms with Crippen molar-refractivity contribution in [1.29, 1.82) is 0 Å². The standard InChI is InChI=1S/C23H20N4O/c1-15-12-22-24-21(14-20(27(22)26-15)17-10-6-3-7-11-17)25-23(28)19-13-18(19)16-8-4-2-5-9-16/h2-12,14,18-19H,13H2,1H3,(H,24,25,28). The molecule has 4 aromatic rings. The maximum Gasteiger partial charge on any atom is 0.229 e. The third kappa shape index (κ3) is 3.05. The average Bonchev–Trinajstić information content (AvgIpc) is 3.44. The van der Waals surface area contributed by atoms with Crippen LogP contribution in [0.4, 0.5) is 5.82 Å². The van der Waals surface area contributed by atoms with Gasteiger partial charge in [0.25, 0.3) is 0 Å². The fourth-order valence-corrected chi connectivity index (χ4v) is 3.74. The topological polar surface area (TPSA) is 59.3 Å². The molecule has 1 amide bonds. The van der Waals surface area contributed by atoms with E-state index in [2.05, 4.69) is 27.5 Å². The quantitative estimate of drug-likeness (QED) is 0.579. The second kappa shape index (κ2) is 6.60. The molecule has 0 aliphatic heterocycles. The Morgan fingerprint density at radius 2 is 1.75 bits per heavy atom. The van der Waals surface area contributed by atoms with E-state index in [9.17, 15) is 4.79 Å². The molecule has 2 aromatic carbocycles. The van der Waals surface area contributed by atoms with Crippen molar-refractivity contribution in [2.24, 2.45) is 5.92 Å². The van der Waals surface area contributed by atoms with Gasteiger partial charge < -0.3 is 5.32 Å². The summed E-state index contributed by atoms with van der Waals surface area (Å²) in [5.74, 6) is 0.902. The number of aryl methyl sites for hydroxylation is 1. The van der Waals surface area contributed by atoms with Crippen molar-refractivity contribution in [2.75, 3.05) is 5.32 Å². The number of carbonyl (C=O) groups excluding carboxylic acids is 1.